The smallest absolute Gasteiger partial charge is 0.222 e. The highest BCUT2D eigenvalue weighted by Gasteiger charge is 2.20. The maximum absolute atomic E-state index is 12.2. The van der Waals surface area contributed by atoms with Gasteiger partial charge in [0, 0.05) is 38.6 Å². The number of terminal acetylenes is 1. The van der Waals surface area contributed by atoms with Crippen molar-refractivity contribution in [3.63, 3.8) is 0 Å². The predicted octanol–water partition coefficient (Wildman–Crippen LogP) is 1.24. The van der Waals surface area contributed by atoms with Gasteiger partial charge >= 0.3 is 0 Å². The second kappa shape index (κ2) is 7.82. The van der Waals surface area contributed by atoms with Crippen LogP contribution in [0.1, 0.15) is 24.4 Å². The van der Waals surface area contributed by atoms with Gasteiger partial charge in [0.1, 0.15) is 0 Å². The van der Waals surface area contributed by atoms with Crippen molar-refractivity contribution >= 4 is 5.91 Å². The van der Waals surface area contributed by atoms with Gasteiger partial charge in [-0.25, -0.2) is 0 Å². The molecule has 1 amide bonds. The number of nitrogens with two attached hydrogens (primary N) is 1. The van der Waals surface area contributed by atoms with Crippen molar-refractivity contribution in [2.75, 3.05) is 32.7 Å². The zero-order chi connectivity index (χ0) is 15.1. The lowest BCUT2D eigenvalue weighted by Gasteiger charge is -2.34. The van der Waals surface area contributed by atoms with Gasteiger partial charge < -0.3 is 10.6 Å². The van der Waals surface area contributed by atoms with Gasteiger partial charge in [-0.2, -0.15) is 0 Å². The van der Waals surface area contributed by atoms with Crippen molar-refractivity contribution in [1.29, 1.82) is 0 Å². The highest BCUT2D eigenvalue weighted by Crippen LogP contribution is 2.16. The molecule has 112 valence electrons. The summed E-state index contributed by atoms with van der Waals surface area (Å²) in [5, 5.41) is 0. The van der Waals surface area contributed by atoms with Crippen molar-refractivity contribution < 1.29 is 4.79 Å². The number of amides is 1. The van der Waals surface area contributed by atoms with E-state index in [1.807, 2.05) is 35.2 Å². The summed E-state index contributed by atoms with van der Waals surface area (Å²) in [6.45, 7) is 3.92. The second-order valence-electron chi connectivity index (χ2n) is 5.42. The number of hydrogen-bond donors (Lipinski definition) is 1. The van der Waals surface area contributed by atoms with Crippen LogP contribution >= 0.6 is 0 Å². The van der Waals surface area contributed by atoms with Crippen LogP contribution in [0.3, 0.4) is 0 Å². The zero-order valence-corrected chi connectivity index (χ0v) is 12.4. The van der Waals surface area contributed by atoms with Gasteiger partial charge in [0.2, 0.25) is 5.91 Å². The largest absolute Gasteiger partial charge is 0.340 e. The quantitative estimate of drug-likeness (QED) is 0.828. The van der Waals surface area contributed by atoms with Gasteiger partial charge in [-0.15, -0.1) is 6.42 Å². The SMILES string of the molecule is C#CCN1CCN(C(=O)CCC(N)c2ccccc2)CC1. The van der Waals surface area contributed by atoms with Crippen molar-refractivity contribution in [1.82, 2.24) is 9.80 Å². The molecule has 2 N–H and O–H groups in total. The van der Waals surface area contributed by atoms with Gasteiger partial charge in [-0.3, -0.25) is 9.69 Å². The average Bonchev–Trinajstić information content (AvgIpc) is 2.54. The molecule has 1 aliphatic rings. The Morgan fingerprint density at radius 2 is 1.90 bits per heavy atom. The van der Waals surface area contributed by atoms with Crippen molar-refractivity contribution in [3.8, 4) is 12.3 Å². The first kappa shape index (κ1) is 15.6. The Balaban J connectivity index is 1.74. The van der Waals surface area contributed by atoms with E-state index in [-0.39, 0.29) is 11.9 Å². The van der Waals surface area contributed by atoms with Crippen LogP contribution in [-0.2, 0) is 4.79 Å². The number of carbonyl (C=O) groups is 1. The van der Waals surface area contributed by atoms with E-state index in [9.17, 15) is 4.79 Å². The van der Waals surface area contributed by atoms with Crippen molar-refractivity contribution in [2.24, 2.45) is 5.73 Å². The van der Waals surface area contributed by atoms with E-state index in [1.165, 1.54) is 0 Å². The zero-order valence-electron chi connectivity index (χ0n) is 12.4. The molecule has 1 unspecified atom stereocenters. The van der Waals surface area contributed by atoms with Crippen molar-refractivity contribution in [2.45, 2.75) is 18.9 Å². The monoisotopic (exact) mass is 285 g/mol. The molecule has 1 heterocycles. The minimum Gasteiger partial charge on any atom is -0.340 e. The van der Waals surface area contributed by atoms with E-state index in [4.69, 9.17) is 12.2 Å². The lowest BCUT2D eigenvalue weighted by molar-refractivity contribution is -0.133. The Labute approximate surface area is 126 Å². The van der Waals surface area contributed by atoms with Crippen molar-refractivity contribution in [3.05, 3.63) is 35.9 Å². The molecule has 1 saturated heterocycles. The van der Waals surface area contributed by atoms with Crippen LogP contribution in [0.25, 0.3) is 0 Å². The minimum absolute atomic E-state index is 0.0714. The van der Waals surface area contributed by atoms with Crippen LogP contribution < -0.4 is 5.73 Å². The third-order valence-electron chi connectivity index (χ3n) is 3.94. The Kier molecular flexibility index (Phi) is 5.79. The summed E-state index contributed by atoms with van der Waals surface area (Å²) in [7, 11) is 0. The second-order valence-corrected chi connectivity index (χ2v) is 5.42. The van der Waals surface area contributed by atoms with Crippen LogP contribution in [0.2, 0.25) is 0 Å². The summed E-state index contributed by atoms with van der Waals surface area (Å²) >= 11 is 0. The number of hydrogen-bond acceptors (Lipinski definition) is 3. The molecule has 1 aliphatic heterocycles. The molecule has 1 aromatic rings. The Bertz CT molecular complexity index is 487. The first-order valence-corrected chi connectivity index (χ1v) is 7.45. The highest BCUT2D eigenvalue weighted by molar-refractivity contribution is 5.76. The van der Waals surface area contributed by atoms with Gasteiger partial charge in [-0.1, -0.05) is 36.3 Å². The fourth-order valence-corrected chi connectivity index (χ4v) is 2.59. The Hall–Kier alpha value is -1.83. The number of nitrogens with zero attached hydrogens (tertiary/aromatic N) is 2. The van der Waals surface area contributed by atoms with Crippen LogP contribution in [-0.4, -0.2) is 48.4 Å². The summed E-state index contributed by atoms with van der Waals surface area (Å²) in [5.41, 5.74) is 7.22. The van der Waals surface area contributed by atoms with E-state index in [1.54, 1.807) is 0 Å². The van der Waals surface area contributed by atoms with Crippen LogP contribution in [0.15, 0.2) is 30.3 Å². The van der Waals surface area contributed by atoms with E-state index < -0.39 is 0 Å². The molecule has 21 heavy (non-hydrogen) atoms. The van der Waals surface area contributed by atoms with E-state index in [0.717, 1.165) is 31.7 Å². The molecule has 2 rings (SSSR count). The Morgan fingerprint density at radius 1 is 1.24 bits per heavy atom. The van der Waals surface area contributed by atoms with Crippen LogP contribution in [0, 0.1) is 12.3 Å². The number of rotatable bonds is 5. The number of piperazine rings is 1. The normalized spacial score (nSPS) is 17.2. The standard InChI is InChI=1S/C17H23N3O/c1-2-10-19-11-13-20(14-12-19)17(21)9-8-16(18)15-6-4-3-5-7-15/h1,3-7,16H,8-14,18H2. The third kappa shape index (κ3) is 4.59. The fourth-order valence-electron chi connectivity index (χ4n) is 2.59. The van der Waals surface area contributed by atoms with Gasteiger partial charge in [0.15, 0.2) is 0 Å². The molecule has 0 aliphatic carbocycles. The Morgan fingerprint density at radius 3 is 2.52 bits per heavy atom. The molecule has 1 aromatic carbocycles. The van der Waals surface area contributed by atoms with E-state index in [0.29, 0.717) is 19.4 Å². The third-order valence-corrected chi connectivity index (χ3v) is 3.94. The van der Waals surface area contributed by atoms with Crippen LogP contribution in [0.4, 0.5) is 0 Å². The molecule has 0 bridgehead atoms. The maximum Gasteiger partial charge on any atom is 0.222 e. The molecular weight excluding hydrogens is 262 g/mol. The molecular formula is C17H23N3O. The molecule has 0 aromatic heterocycles. The highest BCUT2D eigenvalue weighted by atomic mass is 16.2. The topological polar surface area (TPSA) is 49.6 Å². The summed E-state index contributed by atoms with van der Waals surface area (Å²) in [6.07, 6.45) is 6.50. The van der Waals surface area contributed by atoms with Gasteiger partial charge in [-0.05, 0) is 12.0 Å². The maximum atomic E-state index is 12.2. The van der Waals surface area contributed by atoms with Crippen LogP contribution in [0.5, 0.6) is 0 Å². The summed E-state index contributed by atoms with van der Waals surface area (Å²) in [5.74, 6) is 2.84. The first-order chi connectivity index (χ1) is 10.2. The average molecular weight is 285 g/mol. The molecule has 1 fully saturated rings. The summed E-state index contributed by atoms with van der Waals surface area (Å²) in [4.78, 5) is 16.3. The molecule has 0 saturated carbocycles. The molecule has 0 radical (unpaired) electrons. The van der Waals surface area contributed by atoms with Gasteiger partial charge in [0.25, 0.3) is 0 Å². The number of benzene rings is 1. The predicted molar refractivity (Wildman–Crippen MR) is 84.5 cm³/mol. The lowest BCUT2D eigenvalue weighted by Crippen LogP contribution is -2.48. The molecule has 0 spiro atoms. The first-order valence-electron chi connectivity index (χ1n) is 7.45. The minimum atomic E-state index is -0.0714. The molecule has 4 heteroatoms. The lowest BCUT2D eigenvalue weighted by atomic mass is 10.0. The summed E-state index contributed by atoms with van der Waals surface area (Å²) in [6, 6.07) is 9.86. The molecule has 1 atom stereocenters. The van der Waals surface area contributed by atoms with Gasteiger partial charge in [0.05, 0.1) is 6.54 Å². The van der Waals surface area contributed by atoms with E-state index >= 15 is 0 Å². The molecule has 4 nitrogen and oxygen atoms in total. The fraction of sp³-hybridized carbons (Fsp3) is 0.471. The summed E-state index contributed by atoms with van der Waals surface area (Å²) < 4.78 is 0. The number of carbonyl (C=O) groups excluding carboxylic acids is 1. The van der Waals surface area contributed by atoms with E-state index in [2.05, 4.69) is 10.8 Å².